The molecule has 0 heterocycles. The Kier molecular flexibility index (Phi) is 8.04. The van der Waals surface area contributed by atoms with Crippen molar-refractivity contribution in [2.75, 3.05) is 6.61 Å². The van der Waals surface area contributed by atoms with Crippen LogP contribution in [0.15, 0.2) is 42.5 Å². The maximum atomic E-state index is 13.6. The molecule has 0 aliphatic heterocycles. The van der Waals surface area contributed by atoms with Gasteiger partial charge in [-0.25, -0.2) is 13.2 Å². The first-order valence-corrected chi connectivity index (χ1v) is 9.08. The van der Waals surface area contributed by atoms with Gasteiger partial charge < -0.3 is 10.1 Å². The molecule has 0 spiro atoms. The van der Waals surface area contributed by atoms with Crippen LogP contribution in [0.1, 0.15) is 43.0 Å². The van der Waals surface area contributed by atoms with Gasteiger partial charge in [0.2, 0.25) is 0 Å². The SMILES string of the molecule is CCCCC[C@H](NC(=O)c1cccc(F)c1)C(=O)COc1c(F)cccc1F. The highest BCUT2D eigenvalue weighted by atomic mass is 19.1. The molecule has 0 unspecified atom stereocenters. The lowest BCUT2D eigenvalue weighted by Crippen LogP contribution is -2.43. The average Bonchev–Trinajstić information content (AvgIpc) is 2.66. The Balaban J connectivity index is 2.06. The second kappa shape index (κ2) is 10.5. The Morgan fingerprint density at radius 3 is 2.36 bits per heavy atom. The molecule has 1 N–H and O–H groups in total. The molecular formula is C21H22F3NO3. The summed E-state index contributed by atoms with van der Waals surface area (Å²) >= 11 is 0. The molecule has 150 valence electrons. The molecule has 0 aromatic heterocycles. The first kappa shape index (κ1) is 21.5. The highest BCUT2D eigenvalue weighted by Gasteiger charge is 2.23. The van der Waals surface area contributed by atoms with Crippen molar-refractivity contribution in [2.24, 2.45) is 0 Å². The number of nitrogens with one attached hydrogen (secondary N) is 1. The largest absolute Gasteiger partial charge is 0.480 e. The van der Waals surface area contributed by atoms with Crippen molar-refractivity contribution in [3.8, 4) is 5.75 Å². The number of carbonyl (C=O) groups is 2. The van der Waals surface area contributed by atoms with E-state index in [-0.39, 0.29) is 5.56 Å². The predicted octanol–water partition coefficient (Wildman–Crippen LogP) is 4.43. The number of benzene rings is 2. The molecule has 7 heteroatoms. The molecule has 0 bridgehead atoms. The summed E-state index contributed by atoms with van der Waals surface area (Å²) in [5, 5.41) is 2.56. The predicted molar refractivity (Wildman–Crippen MR) is 98.7 cm³/mol. The third kappa shape index (κ3) is 6.11. The molecule has 28 heavy (non-hydrogen) atoms. The van der Waals surface area contributed by atoms with Crippen molar-refractivity contribution in [3.63, 3.8) is 0 Å². The Labute approximate surface area is 161 Å². The minimum atomic E-state index is -0.917. The van der Waals surface area contributed by atoms with E-state index in [9.17, 15) is 22.8 Å². The number of Topliss-reactive ketones (excluding diaryl/α,β-unsaturated/α-hetero) is 1. The van der Waals surface area contributed by atoms with Gasteiger partial charge in [0, 0.05) is 5.56 Å². The lowest BCUT2D eigenvalue weighted by atomic mass is 10.0. The van der Waals surface area contributed by atoms with Crippen LogP contribution in [0.2, 0.25) is 0 Å². The molecule has 1 atom stereocenters. The summed E-state index contributed by atoms with van der Waals surface area (Å²) in [4.78, 5) is 24.8. The molecule has 2 aromatic carbocycles. The number of para-hydroxylation sites is 1. The van der Waals surface area contributed by atoms with E-state index in [0.717, 1.165) is 31.0 Å². The normalized spacial score (nSPS) is 11.7. The zero-order valence-electron chi connectivity index (χ0n) is 15.5. The second-order valence-corrected chi connectivity index (χ2v) is 6.34. The minimum Gasteiger partial charge on any atom is -0.480 e. The summed E-state index contributed by atoms with van der Waals surface area (Å²) in [6, 6.07) is 7.41. The second-order valence-electron chi connectivity index (χ2n) is 6.34. The molecule has 0 fully saturated rings. The molecule has 1 amide bonds. The van der Waals surface area contributed by atoms with E-state index in [0.29, 0.717) is 12.8 Å². The van der Waals surface area contributed by atoms with E-state index in [1.165, 1.54) is 24.3 Å². The van der Waals surface area contributed by atoms with Crippen molar-refractivity contribution >= 4 is 11.7 Å². The van der Waals surface area contributed by atoms with Crippen LogP contribution < -0.4 is 10.1 Å². The number of carbonyl (C=O) groups excluding carboxylic acids is 2. The summed E-state index contributed by atoms with van der Waals surface area (Å²) in [6.07, 6.45) is 2.78. The van der Waals surface area contributed by atoms with Crippen LogP contribution in [-0.2, 0) is 4.79 Å². The Bertz CT molecular complexity index is 806. The maximum absolute atomic E-state index is 13.6. The molecule has 4 nitrogen and oxygen atoms in total. The van der Waals surface area contributed by atoms with Crippen LogP contribution in [0.25, 0.3) is 0 Å². The summed E-state index contributed by atoms with van der Waals surface area (Å²) in [7, 11) is 0. The summed E-state index contributed by atoms with van der Waals surface area (Å²) in [5.74, 6) is -4.17. The first-order chi connectivity index (χ1) is 13.4. The summed E-state index contributed by atoms with van der Waals surface area (Å²) < 4.78 is 45.6. The van der Waals surface area contributed by atoms with Crippen LogP contribution in [0.4, 0.5) is 13.2 Å². The molecule has 0 aliphatic rings. The summed E-state index contributed by atoms with van der Waals surface area (Å²) in [6.45, 7) is 1.39. The molecule has 0 aliphatic carbocycles. The van der Waals surface area contributed by atoms with Crippen molar-refractivity contribution < 1.29 is 27.5 Å². The fourth-order valence-corrected chi connectivity index (χ4v) is 2.65. The molecule has 0 radical (unpaired) electrons. The van der Waals surface area contributed by atoms with Gasteiger partial charge in [-0.05, 0) is 36.8 Å². The summed E-state index contributed by atoms with van der Waals surface area (Å²) in [5.41, 5.74) is 0.0781. The Morgan fingerprint density at radius 2 is 1.71 bits per heavy atom. The smallest absolute Gasteiger partial charge is 0.251 e. The van der Waals surface area contributed by atoms with Gasteiger partial charge in [0.1, 0.15) is 12.4 Å². The van der Waals surface area contributed by atoms with Crippen molar-refractivity contribution in [1.29, 1.82) is 0 Å². The Hall–Kier alpha value is -2.83. The third-order valence-electron chi connectivity index (χ3n) is 4.15. The van der Waals surface area contributed by atoms with E-state index >= 15 is 0 Å². The highest BCUT2D eigenvalue weighted by molar-refractivity contribution is 5.98. The number of hydrogen-bond acceptors (Lipinski definition) is 3. The first-order valence-electron chi connectivity index (χ1n) is 9.08. The quantitative estimate of drug-likeness (QED) is 0.608. The van der Waals surface area contributed by atoms with Gasteiger partial charge in [0.15, 0.2) is 23.2 Å². The van der Waals surface area contributed by atoms with E-state index in [1.54, 1.807) is 0 Å². The number of ether oxygens (including phenoxy) is 1. The fourth-order valence-electron chi connectivity index (χ4n) is 2.65. The minimum absolute atomic E-state index is 0.0781. The number of hydrogen-bond donors (Lipinski definition) is 1. The zero-order chi connectivity index (χ0) is 20.5. The van der Waals surface area contributed by atoms with Gasteiger partial charge in [-0.1, -0.05) is 38.3 Å². The van der Waals surface area contributed by atoms with Crippen LogP contribution in [0, 0.1) is 17.5 Å². The highest BCUT2D eigenvalue weighted by Crippen LogP contribution is 2.21. The number of halogens is 3. The third-order valence-corrected chi connectivity index (χ3v) is 4.15. The van der Waals surface area contributed by atoms with Crippen LogP contribution >= 0.6 is 0 Å². The van der Waals surface area contributed by atoms with E-state index in [4.69, 9.17) is 4.74 Å². The van der Waals surface area contributed by atoms with E-state index < -0.39 is 47.5 Å². The van der Waals surface area contributed by atoms with Crippen LogP contribution in [0.3, 0.4) is 0 Å². The molecule has 0 saturated heterocycles. The average molecular weight is 393 g/mol. The monoisotopic (exact) mass is 393 g/mol. The fraction of sp³-hybridized carbons (Fsp3) is 0.333. The molecule has 2 rings (SSSR count). The lowest BCUT2D eigenvalue weighted by molar-refractivity contribution is -0.123. The van der Waals surface area contributed by atoms with Gasteiger partial charge in [0.05, 0.1) is 6.04 Å². The number of amides is 1. The van der Waals surface area contributed by atoms with Gasteiger partial charge >= 0.3 is 0 Å². The van der Waals surface area contributed by atoms with E-state index in [1.807, 2.05) is 6.92 Å². The van der Waals surface area contributed by atoms with Gasteiger partial charge in [-0.2, -0.15) is 0 Å². The molecular weight excluding hydrogens is 371 g/mol. The zero-order valence-corrected chi connectivity index (χ0v) is 15.5. The molecule has 2 aromatic rings. The van der Waals surface area contributed by atoms with Crippen LogP contribution in [-0.4, -0.2) is 24.3 Å². The number of ketones is 1. The molecule has 0 saturated carbocycles. The van der Waals surface area contributed by atoms with Gasteiger partial charge in [0.25, 0.3) is 5.91 Å². The van der Waals surface area contributed by atoms with E-state index in [2.05, 4.69) is 5.32 Å². The Morgan fingerprint density at radius 1 is 1.04 bits per heavy atom. The van der Waals surface area contributed by atoms with Crippen molar-refractivity contribution in [1.82, 2.24) is 5.32 Å². The van der Waals surface area contributed by atoms with Crippen molar-refractivity contribution in [2.45, 2.75) is 38.6 Å². The van der Waals surface area contributed by atoms with Gasteiger partial charge in [-0.15, -0.1) is 0 Å². The number of unbranched alkanes of at least 4 members (excludes halogenated alkanes) is 2. The van der Waals surface area contributed by atoms with Gasteiger partial charge in [-0.3, -0.25) is 9.59 Å². The maximum Gasteiger partial charge on any atom is 0.251 e. The lowest BCUT2D eigenvalue weighted by Gasteiger charge is -2.18. The van der Waals surface area contributed by atoms with Crippen LogP contribution in [0.5, 0.6) is 5.75 Å². The number of rotatable bonds is 10. The standard InChI is InChI=1S/C21H22F3NO3/c1-2-3-4-11-18(25-21(27)14-7-5-8-15(22)12-14)19(26)13-28-20-16(23)9-6-10-17(20)24/h5-10,12,18H,2-4,11,13H2,1H3,(H,25,27)/t18-/m0/s1. The topological polar surface area (TPSA) is 55.4 Å². The van der Waals surface area contributed by atoms with Crippen molar-refractivity contribution in [3.05, 3.63) is 65.5 Å².